The van der Waals surface area contributed by atoms with Crippen LogP contribution < -0.4 is 26.8 Å². The Morgan fingerprint density at radius 3 is 0.969 bits per heavy atom. The number of aromatic nitrogens is 1. The van der Waals surface area contributed by atoms with E-state index in [-0.39, 0.29) is 5.78 Å². The van der Waals surface area contributed by atoms with Crippen LogP contribution in [0.3, 0.4) is 0 Å². The molecule has 7 rings (SSSR count). The van der Waals surface area contributed by atoms with Gasteiger partial charge in [-0.25, -0.2) is 92.8 Å². The lowest BCUT2D eigenvalue weighted by atomic mass is 9.12. The first-order valence-electron chi connectivity index (χ1n) is 17.2. The Morgan fingerprint density at radius 1 is 0.359 bits per heavy atom. The number of hydrogen-bond donors (Lipinski definition) is 0. The standard InChI is InChI=1S/C24BF20.C17H13NO/c26-5-1(6(27)14(35)21(42)13(5)34)25(2-7(28)15(36)22(43)16(37)8(2)29,3-9(30)17(38)23(44)18(39)10(3)31)4-11(32)19(40)24(45)20(41)12(4)33;19-17(14-7-2-1-3-8-14)12-16-15-9-5-4-6-13(15)10-11-18-16/h;1-11H,12H2/q-1;/p+1. The number of halogens is 20. The van der Waals surface area contributed by atoms with Gasteiger partial charge in [0.05, 0.1) is 6.42 Å². The highest BCUT2D eigenvalue weighted by Crippen LogP contribution is 2.31. The summed E-state index contributed by atoms with van der Waals surface area (Å²) in [5.74, 6) is -71.3. The quantitative estimate of drug-likeness (QED) is 0.0517. The van der Waals surface area contributed by atoms with Crippen LogP contribution in [-0.4, -0.2) is 11.9 Å². The van der Waals surface area contributed by atoms with Gasteiger partial charge in [0.1, 0.15) is 52.7 Å². The highest BCUT2D eigenvalue weighted by atomic mass is 19.2. The van der Waals surface area contributed by atoms with Crippen molar-refractivity contribution in [3.05, 3.63) is 194 Å². The minimum Gasteiger partial charge on any atom is -0.294 e. The Bertz CT molecular complexity index is 2670. The van der Waals surface area contributed by atoms with Gasteiger partial charge < -0.3 is 0 Å². The average molecular weight is 927 g/mol. The van der Waals surface area contributed by atoms with Gasteiger partial charge in [-0.1, -0.05) is 48.5 Å². The molecular weight excluding hydrogens is 913 g/mol. The number of ketones is 1. The van der Waals surface area contributed by atoms with Crippen molar-refractivity contribution in [3.8, 4) is 0 Å². The first-order chi connectivity index (χ1) is 30.0. The zero-order valence-electron chi connectivity index (χ0n) is 30.6. The second-order valence-electron chi connectivity index (χ2n) is 13.3. The van der Waals surface area contributed by atoms with Crippen LogP contribution >= 0.6 is 0 Å². The molecule has 0 atom stereocenters. The molecule has 0 bridgehead atoms. The summed E-state index contributed by atoms with van der Waals surface area (Å²) in [4.78, 5) is 15.4. The molecule has 0 unspecified atom stereocenters. The van der Waals surface area contributed by atoms with Crippen LogP contribution in [0.4, 0.5) is 87.8 Å². The molecule has 2 nitrogen and oxygen atoms in total. The number of H-pyrrole nitrogens is 1. The van der Waals surface area contributed by atoms with Crippen LogP contribution in [0.15, 0.2) is 66.9 Å². The fourth-order valence-electron chi connectivity index (χ4n) is 7.13. The number of carbonyl (C=O) groups excluding carboxylic acids is 1. The van der Waals surface area contributed by atoms with Crippen molar-refractivity contribution in [2.24, 2.45) is 0 Å². The predicted molar refractivity (Wildman–Crippen MR) is 184 cm³/mol. The number of fused-ring (bicyclic) bond motifs is 1. The Morgan fingerprint density at radius 2 is 0.641 bits per heavy atom. The van der Waals surface area contributed by atoms with Gasteiger partial charge >= 0.3 is 0 Å². The Balaban J connectivity index is 0.000000295. The first-order valence-corrected chi connectivity index (χ1v) is 17.2. The minimum absolute atomic E-state index is 0.133. The largest absolute Gasteiger partial charge is 0.294 e. The summed E-state index contributed by atoms with van der Waals surface area (Å²) in [5, 5.41) is 2.26. The third-order valence-electron chi connectivity index (χ3n) is 9.95. The van der Waals surface area contributed by atoms with E-state index in [4.69, 9.17) is 0 Å². The van der Waals surface area contributed by atoms with E-state index in [0.29, 0.717) is 6.42 Å². The highest BCUT2D eigenvalue weighted by Gasteiger charge is 2.52. The summed E-state index contributed by atoms with van der Waals surface area (Å²) in [5.41, 5.74) is -12.6. The summed E-state index contributed by atoms with van der Waals surface area (Å²) >= 11 is 0. The van der Waals surface area contributed by atoms with E-state index < -0.39 is 144 Å². The maximum Gasteiger partial charge on any atom is 0.200 e. The van der Waals surface area contributed by atoms with Crippen LogP contribution in [0.1, 0.15) is 16.1 Å². The van der Waals surface area contributed by atoms with Gasteiger partial charge in [0, 0.05) is 17.0 Å². The number of aromatic amines is 1. The summed E-state index contributed by atoms with van der Waals surface area (Å²) in [6, 6.07) is 19.5. The van der Waals surface area contributed by atoms with Gasteiger partial charge in [-0.05, 0) is 11.5 Å². The number of benzene rings is 6. The SMILES string of the molecule is Fc1c(F)c(F)c([B-](c2c(F)c(F)c(F)c(F)c2F)(c2c(F)c(F)c(F)c(F)c2F)c2c(F)c(F)c(F)c(F)c2F)c(F)c1F.O=C(Cc1[nH+]ccc2ccccc12)c1ccccc1. The zero-order chi connectivity index (χ0) is 47.4. The number of carbonyl (C=O) groups is 1. The van der Waals surface area contributed by atoms with Crippen molar-refractivity contribution in [2.75, 3.05) is 0 Å². The Labute approximate surface area is 342 Å². The molecule has 0 radical (unpaired) electrons. The molecule has 0 aliphatic heterocycles. The van der Waals surface area contributed by atoms with Gasteiger partial charge in [-0.15, -0.1) is 21.9 Å². The lowest BCUT2D eigenvalue weighted by Gasteiger charge is -2.44. The number of pyridine rings is 1. The molecule has 1 N–H and O–H groups in total. The first kappa shape index (κ1) is 46.6. The van der Waals surface area contributed by atoms with Gasteiger partial charge in [0.2, 0.25) is 0 Å². The van der Waals surface area contributed by atoms with Crippen LogP contribution in [0, 0.1) is 116 Å². The monoisotopic (exact) mass is 927 g/mol. The van der Waals surface area contributed by atoms with Crippen LogP contribution in [0.25, 0.3) is 10.8 Å². The third-order valence-corrected chi connectivity index (χ3v) is 9.95. The summed E-state index contributed by atoms with van der Waals surface area (Å²) < 4.78 is 294. The van der Waals surface area contributed by atoms with Crippen molar-refractivity contribution in [1.82, 2.24) is 0 Å². The second-order valence-corrected chi connectivity index (χ2v) is 13.3. The summed E-state index contributed by atoms with van der Waals surface area (Å²) in [7, 11) is 0. The van der Waals surface area contributed by atoms with E-state index in [1.165, 1.54) is 0 Å². The molecule has 332 valence electrons. The number of rotatable bonds is 7. The molecule has 0 saturated carbocycles. The van der Waals surface area contributed by atoms with Gasteiger partial charge in [-0.2, -0.15) is 0 Å². The van der Waals surface area contributed by atoms with Crippen molar-refractivity contribution in [1.29, 1.82) is 0 Å². The van der Waals surface area contributed by atoms with E-state index in [1.807, 2.05) is 60.8 Å². The normalized spacial score (nSPS) is 11.6. The third kappa shape index (κ3) is 7.15. The molecule has 1 aromatic heterocycles. The molecule has 1 heterocycles. The van der Waals surface area contributed by atoms with Gasteiger partial charge in [0.25, 0.3) is 0 Å². The van der Waals surface area contributed by atoms with Crippen molar-refractivity contribution in [3.63, 3.8) is 0 Å². The topological polar surface area (TPSA) is 31.2 Å². The van der Waals surface area contributed by atoms with Gasteiger partial charge in [0.15, 0.2) is 87.5 Å². The molecule has 64 heavy (non-hydrogen) atoms. The number of hydrogen-bond acceptors (Lipinski definition) is 1. The number of Topliss-reactive ketones (excluding diaryl/α,β-unsaturated/α-hetero) is 1. The maximum absolute atomic E-state index is 15.4. The molecular formula is C41H14BF20NO. The second kappa shape index (κ2) is 17.3. The van der Waals surface area contributed by atoms with E-state index in [9.17, 15) is 57.5 Å². The molecule has 0 saturated heterocycles. The summed E-state index contributed by atoms with van der Waals surface area (Å²) in [6.07, 6.45) is -4.94. The molecule has 23 heteroatoms. The Kier molecular flexibility index (Phi) is 12.6. The van der Waals surface area contributed by atoms with E-state index >= 15 is 35.1 Å². The van der Waals surface area contributed by atoms with E-state index in [0.717, 1.165) is 22.0 Å². The maximum atomic E-state index is 15.4. The fraction of sp³-hybridized carbons (Fsp3) is 0.0244. The Hall–Kier alpha value is -6.94. The van der Waals surface area contributed by atoms with Crippen molar-refractivity contribution >= 4 is 44.6 Å². The molecule has 0 spiro atoms. The molecule has 0 aliphatic rings. The highest BCUT2D eigenvalue weighted by molar-refractivity contribution is 7.20. The number of nitrogens with one attached hydrogen (secondary N) is 1. The minimum atomic E-state index is -7.22. The fourth-order valence-corrected chi connectivity index (χ4v) is 7.13. The van der Waals surface area contributed by atoms with Crippen LogP contribution in [0.5, 0.6) is 0 Å². The van der Waals surface area contributed by atoms with Crippen molar-refractivity contribution in [2.45, 2.75) is 6.42 Å². The zero-order valence-corrected chi connectivity index (χ0v) is 30.6. The van der Waals surface area contributed by atoms with Crippen molar-refractivity contribution < 1.29 is 97.6 Å². The van der Waals surface area contributed by atoms with E-state index in [1.54, 1.807) is 0 Å². The van der Waals surface area contributed by atoms with Crippen LogP contribution in [-0.2, 0) is 6.42 Å². The van der Waals surface area contributed by atoms with Crippen LogP contribution in [0.2, 0.25) is 0 Å². The molecule has 7 aromatic rings. The molecule has 0 aliphatic carbocycles. The smallest absolute Gasteiger partial charge is 0.200 e. The lowest BCUT2D eigenvalue weighted by molar-refractivity contribution is -0.386. The predicted octanol–water partition coefficient (Wildman–Crippen LogP) is 8.93. The summed E-state index contributed by atoms with van der Waals surface area (Å²) in [6.45, 7) is 0. The molecule has 6 aromatic carbocycles. The van der Waals surface area contributed by atoms with E-state index in [2.05, 4.69) is 11.1 Å². The van der Waals surface area contributed by atoms with Gasteiger partial charge in [-0.3, -0.25) is 4.79 Å². The molecule has 0 fully saturated rings. The lowest BCUT2D eigenvalue weighted by Crippen LogP contribution is -2.81. The molecule has 0 amide bonds. The average Bonchev–Trinajstić information content (AvgIpc) is 3.29.